The van der Waals surface area contributed by atoms with E-state index >= 15 is 0 Å². The topological polar surface area (TPSA) is 108 Å². The zero-order valence-electron chi connectivity index (χ0n) is 42.0. The lowest BCUT2D eigenvalue weighted by atomic mass is 10.0. The van der Waals surface area contributed by atoms with E-state index < -0.39 is 26.6 Å². The lowest BCUT2D eigenvalue weighted by Gasteiger charge is -2.29. The maximum absolute atomic E-state index is 12.9. The molecule has 370 valence electrons. The Labute approximate surface area is 390 Å². The van der Waals surface area contributed by atoms with Crippen LogP contribution in [0.1, 0.15) is 239 Å². The first kappa shape index (κ1) is 61.5. The Balaban J connectivity index is 4.36. The molecule has 0 saturated heterocycles. The highest BCUT2D eigenvalue weighted by Gasteiger charge is 2.23. The second kappa shape index (κ2) is 45.6. The Morgan fingerprint density at radius 2 is 0.889 bits per heavy atom. The molecule has 0 aromatic carbocycles. The number of likely N-dealkylation sites (N-methyl/N-ethyl adjacent to an activating group) is 1. The van der Waals surface area contributed by atoms with Crippen LogP contribution in [0.25, 0.3) is 0 Å². The molecule has 0 saturated carbocycles. The Morgan fingerprint density at radius 3 is 1.29 bits per heavy atom. The van der Waals surface area contributed by atoms with Gasteiger partial charge in [-0.15, -0.1) is 0 Å². The number of hydrogen-bond donors (Lipinski definition) is 2. The highest BCUT2D eigenvalue weighted by Crippen LogP contribution is 2.38. The lowest BCUT2D eigenvalue weighted by molar-refractivity contribution is -0.870. The van der Waals surface area contributed by atoms with Crippen molar-refractivity contribution in [3.05, 3.63) is 48.6 Å². The molecule has 3 atom stereocenters. The zero-order chi connectivity index (χ0) is 46.4. The van der Waals surface area contributed by atoms with E-state index in [4.69, 9.17) is 9.05 Å². The number of aliphatic hydroxyl groups is 1. The van der Waals surface area contributed by atoms with Crippen LogP contribution in [-0.4, -0.2) is 68.5 Å². The summed E-state index contributed by atoms with van der Waals surface area (Å²) in [5.74, 6) is -0.215. The van der Waals surface area contributed by atoms with Gasteiger partial charge in [0.05, 0.1) is 39.9 Å². The molecule has 9 heteroatoms. The Bertz CT molecular complexity index is 1170. The minimum absolute atomic E-state index is 0.0104. The van der Waals surface area contributed by atoms with Crippen molar-refractivity contribution in [2.24, 2.45) is 0 Å². The number of carbonyl (C=O) groups excluding carboxylic acids is 1. The van der Waals surface area contributed by atoms with Crippen LogP contribution >= 0.6 is 7.82 Å². The summed E-state index contributed by atoms with van der Waals surface area (Å²) in [7, 11) is 1.23. The van der Waals surface area contributed by atoms with Gasteiger partial charge in [-0.2, -0.15) is 0 Å². The van der Waals surface area contributed by atoms with E-state index in [9.17, 15) is 19.4 Å². The summed E-state index contributed by atoms with van der Waals surface area (Å²) in [6.45, 7) is 4.63. The maximum atomic E-state index is 12.9. The van der Waals surface area contributed by atoms with Crippen molar-refractivity contribution < 1.29 is 32.9 Å². The molecule has 3 unspecified atom stereocenters. The molecular weight excluding hydrogens is 804 g/mol. The van der Waals surface area contributed by atoms with Crippen LogP contribution in [0.15, 0.2) is 48.6 Å². The average Bonchev–Trinajstić information content (AvgIpc) is 3.24. The summed E-state index contributed by atoms with van der Waals surface area (Å²) in [5, 5.41) is 13.8. The van der Waals surface area contributed by atoms with Gasteiger partial charge in [-0.3, -0.25) is 9.36 Å². The van der Waals surface area contributed by atoms with Crippen LogP contribution in [0.2, 0.25) is 0 Å². The first-order chi connectivity index (χ1) is 30.5. The SMILES string of the molecule is CCCCCCCCCCC/C=C/CC/C=C/CC/C=C/C(O)C(COP(=O)([O-])OCC[N+](C)(C)C)NC(=O)CCCCCCCCC/C=C\CCCCCCCCCCCCC. The van der Waals surface area contributed by atoms with Gasteiger partial charge >= 0.3 is 0 Å². The smallest absolute Gasteiger partial charge is 0.268 e. The summed E-state index contributed by atoms with van der Waals surface area (Å²) >= 11 is 0. The van der Waals surface area contributed by atoms with Gasteiger partial charge in [-0.1, -0.05) is 210 Å². The van der Waals surface area contributed by atoms with Crippen LogP contribution in [0.5, 0.6) is 0 Å². The Hall–Kier alpha value is -1.54. The number of rotatable bonds is 48. The number of phosphoric ester groups is 1. The van der Waals surface area contributed by atoms with Crippen molar-refractivity contribution in [1.29, 1.82) is 0 Å². The fraction of sp³-hybridized carbons (Fsp3) is 0.833. The number of phosphoric acid groups is 1. The van der Waals surface area contributed by atoms with Crippen molar-refractivity contribution in [2.45, 2.75) is 251 Å². The lowest BCUT2D eigenvalue weighted by Crippen LogP contribution is -2.45. The largest absolute Gasteiger partial charge is 0.756 e. The molecule has 63 heavy (non-hydrogen) atoms. The number of carbonyl (C=O) groups is 1. The average molecular weight is 907 g/mol. The molecule has 0 fully saturated rings. The van der Waals surface area contributed by atoms with Gasteiger partial charge in [0.1, 0.15) is 13.2 Å². The zero-order valence-corrected chi connectivity index (χ0v) is 42.9. The van der Waals surface area contributed by atoms with E-state index in [2.05, 4.69) is 55.6 Å². The van der Waals surface area contributed by atoms with Crippen LogP contribution < -0.4 is 10.2 Å². The number of hydrogen-bond acceptors (Lipinski definition) is 6. The van der Waals surface area contributed by atoms with E-state index in [0.29, 0.717) is 17.4 Å². The normalized spacial score (nSPS) is 14.5. The fourth-order valence-corrected chi connectivity index (χ4v) is 8.26. The minimum Gasteiger partial charge on any atom is -0.756 e. The standard InChI is InChI=1S/C54H103N2O6P/c1-6-8-10-12-14-16-18-20-22-24-26-27-28-30-32-34-36-38-40-42-44-46-48-54(58)55-52(51-62-63(59,60)61-50-49-56(3,4)5)53(57)47-45-43-41-39-37-35-33-31-29-25-23-21-19-17-15-13-11-9-7-2/h28-31,37,39,45,47,52-53,57H,6-27,32-36,38,40-44,46,48-51H2,1-5H3,(H-,55,58,59,60)/b30-28-,31-29+,39-37+,47-45+. The third-order valence-corrected chi connectivity index (χ3v) is 12.7. The quantitative estimate of drug-likeness (QED) is 0.0272. The molecule has 1 amide bonds. The third kappa shape index (κ3) is 48.2. The first-order valence-electron chi connectivity index (χ1n) is 26.5. The number of quaternary nitrogens is 1. The molecule has 0 aromatic heterocycles. The third-order valence-electron chi connectivity index (χ3n) is 11.7. The number of allylic oxidation sites excluding steroid dienone is 7. The highest BCUT2D eigenvalue weighted by molar-refractivity contribution is 7.45. The van der Waals surface area contributed by atoms with Gasteiger partial charge < -0.3 is 28.8 Å². The minimum atomic E-state index is -4.61. The van der Waals surface area contributed by atoms with Crippen LogP contribution in [0.3, 0.4) is 0 Å². The Morgan fingerprint density at radius 1 is 0.540 bits per heavy atom. The van der Waals surface area contributed by atoms with Crippen LogP contribution in [0.4, 0.5) is 0 Å². The van der Waals surface area contributed by atoms with Gasteiger partial charge in [-0.05, 0) is 70.6 Å². The van der Waals surface area contributed by atoms with Gasteiger partial charge in [0.15, 0.2) is 0 Å². The van der Waals surface area contributed by atoms with Crippen molar-refractivity contribution in [1.82, 2.24) is 5.32 Å². The molecule has 2 N–H and O–H groups in total. The van der Waals surface area contributed by atoms with Crippen LogP contribution in [0, 0.1) is 0 Å². The molecule has 0 heterocycles. The van der Waals surface area contributed by atoms with E-state index in [1.165, 1.54) is 173 Å². The monoisotopic (exact) mass is 907 g/mol. The molecule has 0 bridgehead atoms. The molecule has 0 rings (SSSR count). The predicted molar refractivity (Wildman–Crippen MR) is 270 cm³/mol. The van der Waals surface area contributed by atoms with E-state index in [-0.39, 0.29) is 12.5 Å². The van der Waals surface area contributed by atoms with E-state index in [0.717, 1.165) is 44.9 Å². The second-order valence-corrected chi connectivity index (χ2v) is 20.6. The van der Waals surface area contributed by atoms with Gasteiger partial charge in [0, 0.05) is 6.42 Å². The number of nitrogens with zero attached hydrogens (tertiary/aromatic N) is 1. The molecule has 0 aromatic rings. The molecule has 8 nitrogen and oxygen atoms in total. The molecule has 0 spiro atoms. The summed E-state index contributed by atoms with van der Waals surface area (Å²) in [5.41, 5.74) is 0. The number of amides is 1. The van der Waals surface area contributed by atoms with Crippen molar-refractivity contribution in [2.75, 3.05) is 40.9 Å². The molecule has 0 radical (unpaired) electrons. The Kier molecular flexibility index (Phi) is 44.5. The van der Waals surface area contributed by atoms with E-state index in [1.807, 2.05) is 27.2 Å². The molecule has 0 aliphatic heterocycles. The second-order valence-electron chi connectivity index (χ2n) is 19.2. The highest BCUT2D eigenvalue weighted by atomic mass is 31.2. The summed E-state index contributed by atoms with van der Waals surface area (Å²) < 4.78 is 23.3. The van der Waals surface area contributed by atoms with Gasteiger partial charge in [0.25, 0.3) is 7.82 Å². The molecular formula is C54H103N2O6P. The first-order valence-corrected chi connectivity index (χ1v) is 28.0. The van der Waals surface area contributed by atoms with Crippen LogP contribution in [-0.2, 0) is 18.4 Å². The van der Waals surface area contributed by atoms with E-state index in [1.54, 1.807) is 6.08 Å². The number of nitrogens with one attached hydrogen (secondary N) is 1. The van der Waals surface area contributed by atoms with Crippen molar-refractivity contribution in [3.8, 4) is 0 Å². The number of aliphatic hydroxyl groups excluding tert-OH is 1. The van der Waals surface area contributed by atoms with Gasteiger partial charge in [0.2, 0.25) is 5.91 Å². The number of unbranched alkanes of at least 4 members (excludes halogenated alkanes) is 29. The molecule has 0 aliphatic carbocycles. The summed E-state index contributed by atoms with van der Waals surface area (Å²) in [6, 6.07) is -0.912. The van der Waals surface area contributed by atoms with Crippen molar-refractivity contribution in [3.63, 3.8) is 0 Å². The predicted octanol–water partition coefficient (Wildman–Crippen LogP) is 15.0. The van der Waals surface area contributed by atoms with Gasteiger partial charge in [-0.25, -0.2) is 0 Å². The maximum Gasteiger partial charge on any atom is 0.268 e. The summed E-state index contributed by atoms with van der Waals surface area (Å²) in [6.07, 6.45) is 58.9. The molecule has 0 aliphatic rings. The fourth-order valence-electron chi connectivity index (χ4n) is 7.53. The van der Waals surface area contributed by atoms with Crippen molar-refractivity contribution >= 4 is 13.7 Å². The summed E-state index contributed by atoms with van der Waals surface area (Å²) in [4.78, 5) is 25.4.